The first-order chi connectivity index (χ1) is 9.85. The zero-order valence-electron chi connectivity index (χ0n) is 11.7. The van der Waals surface area contributed by atoms with Gasteiger partial charge < -0.3 is 15.7 Å². The SMILES string of the molecule is CC(C)C(CNC(=O)Nc1ccc(C#N)cc1Br)C(=O)O. The van der Waals surface area contributed by atoms with Gasteiger partial charge in [0.25, 0.3) is 0 Å². The number of carbonyl (C=O) groups excluding carboxylic acids is 1. The van der Waals surface area contributed by atoms with E-state index >= 15 is 0 Å². The average molecular weight is 354 g/mol. The number of aliphatic carboxylic acids is 1. The number of anilines is 1. The van der Waals surface area contributed by atoms with Crippen LogP contribution in [0.15, 0.2) is 22.7 Å². The van der Waals surface area contributed by atoms with E-state index in [1.807, 2.05) is 6.07 Å². The highest BCUT2D eigenvalue weighted by molar-refractivity contribution is 9.10. The summed E-state index contributed by atoms with van der Waals surface area (Å²) >= 11 is 3.26. The van der Waals surface area contributed by atoms with Gasteiger partial charge in [-0.15, -0.1) is 0 Å². The van der Waals surface area contributed by atoms with Gasteiger partial charge in [-0.25, -0.2) is 4.79 Å². The number of hydrogen-bond acceptors (Lipinski definition) is 3. The molecule has 6 nitrogen and oxygen atoms in total. The van der Waals surface area contributed by atoms with Crippen molar-refractivity contribution in [1.82, 2.24) is 5.32 Å². The van der Waals surface area contributed by atoms with E-state index in [1.54, 1.807) is 32.0 Å². The van der Waals surface area contributed by atoms with E-state index in [2.05, 4.69) is 26.6 Å². The highest BCUT2D eigenvalue weighted by atomic mass is 79.9. The van der Waals surface area contributed by atoms with Crippen LogP contribution >= 0.6 is 15.9 Å². The summed E-state index contributed by atoms with van der Waals surface area (Å²) in [5.41, 5.74) is 0.974. The van der Waals surface area contributed by atoms with E-state index in [9.17, 15) is 9.59 Å². The lowest BCUT2D eigenvalue weighted by Crippen LogP contribution is -2.37. The van der Waals surface area contributed by atoms with Crippen molar-refractivity contribution < 1.29 is 14.7 Å². The number of amides is 2. The van der Waals surface area contributed by atoms with Crippen molar-refractivity contribution in [2.45, 2.75) is 13.8 Å². The smallest absolute Gasteiger partial charge is 0.319 e. The fourth-order valence-electron chi connectivity index (χ4n) is 1.66. The molecular weight excluding hydrogens is 338 g/mol. The molecule has 0 radical (unpaired) electrons. The molecule has 0 heterocycles. The molecule has 2 amide bonds. The van der Waals surface area contributed by atoms with Crippen molar-refractivity contribution in [3.63, 3.8) is 0 Å². The molecule has 0 aliphatic rings. The van der Waals surface area contributed by atoms with Gasteiger partial charge in [-0.2, -0.15) is 5.26 Å². The molecule has 7 heteroatoms. The van der Waals surface area contributed by atoms with Gasteiger partial charge in [-0.1, -0.05) is 13.8 Å². The molecule has 3 N–H and O–H groups in total. The van der Waals surface area contributed by atoms with Gasteiger partial charge in [-0.3, -0.25) is 4.79 Å². The maximum Gasteiger partial charge on any atom is 0.319 e. The van der Waals surface area contributed by atoms with E-state index < -0.39 is 17.9 Å². The Morgan fingerprint density at radius 3 is 2.57 bits per heavy atom. The Balaban J connectivity index is 2.62. The lowest BCUT2D eigenvalue weighted by atomic mass is 9.96. The van der Waals surface area contributed by atoms with Crippen molar-refractivity contribution >= 4 is 33.6 Å². The molecule has 1 atom stereocenters. The molecule has 1 aromatic carbocycles. The number of nitrogens with zero attached hydrogens (tertiary/aromatic N) is 1. The van der Waals surface area contributed by atoms with Crippen molar-refractivity contribution in [3.8, 4) is 6.07 Å². The second-order valence-electron chi connectivity index (χ2n) is 4.83. The van der Waals surface area contributed by atoms with Crippen LogP contribution in [-0.2, 0) is 4.79 Å². The van der Waals surface area contributed by atoms with E-state index in [4.69, 9.17) is 10.4 Å². The maximum atomic E-state index is 11.8. The van der Waals surface area contributed by atoms with Gasteiger partial charge in [0.15, 0.2) is 0 Å². The average Bonchev–Trinajstić information content (AvgIpc) is 2.40. The number of carboxylic acid groups (broad SMARTS) is 1. The summed E-state index contributed by atoms with van der Waals surface area (Å²) in [6, 6.07) is 6.26. The minimum absolute atomic E-state index is 0.0483. The molecule has 112 valence electrons. The van der Waals surface area contributed by atoms with Crippen molar-refractivity contribution in [3.05, 3.63) is 28.2 Å². The Labute approximate surface area is 131 Å². The lowest BCUT2D eigenvalue weighted by Gasteiger charge is -2.17. The summed E-state index contributed by atoms with van der Waals surface area (Å²) in [6.07, 6.45) is 0. The van der Waals surface area contributed by atoms with Crippen molar-refractivity contribution in [1.29, 1.82) is 5.26 Å². The third-order valence-electron chi connectivity index (χ3n) is 2.95. The van der Waals surface area contributed by atoms with Crippen LogP contribution in [0.25, 0.3) is 0 Å². The molecule has 0 saturated carbocycles. The molecule has 0 spiro atoms. The first-order valence-electron chi connectivity index (χ1n) is 6.32. The molecule has 0 bridgehead atoms. The number of carbonyl (C=O) groups is 2. The van der Waals surface area contributed by atoms with E-state index in [-0.39, 0.29) is 12.5 Å². The second-order valence-corrected chi connectivity index (χ2v) is 5.68. The van der Waals surface area contributed by atoms with Crippen LogP contribution in [0.2, 0.25) is 0 Å². The normalized spacial score (nSPS) is 11.6. The summed E-state index contributed by atoms with van der Waals surface area (Å²) in [4.78, 5) is 22.8. The number of carboxylic acids is 1. The lowest BCUT2D eigenvalue weighted by molar-refractivity contribution is -0.142. The van der Waals surface area contributed by atoms with Crippen LogP contribution in [0.4, 0.5) is 10.5 Å². The number of urea groups is 1. The second kappa shape index (κ2) is 7.64. The van der Waals surface area contributed by atoms with Crippen molar-refractivity contribution in [2.75, 3.05) is 11.9 Å². The summed E-state index contributed by atoms with van der Waals surface area (Å²) in [6.45, 7) is 3.62. The minimum atomic E-state index is -0.940. The Morgan fingerprint density at radius 1 is 1.43 bits per heavy atom. The Morgan fingerprint density at radius 2 is 2.10 bits per heavy atom. The maximum absolute atomic E-state index is 11.8. The molecule has 0 fully saturated rings. The fraction of sp³-hybridized carbons (Fsp3) is 0.357. The van der Waals surface area contributed by atoms with E-state index in [0.29, 0.717) is 15.7 Å². The number of nitriles is 1. The Bertz CT molecular complexity index is 581. The summed E-state index contributed by atoms with van der Waals surface area (Å²) in [5, 5.41) is 22.9. The minimum Gasteiger partial charge on any atom is -0.481 e. The topological polar surface area (TPSA) is 102 Å². The first kappa shape index (κ1) is 17.0. The summed E-state index contributed by atoms with van der Waals surface area (Å²) in [7, 11) is 0. The Hall–Kier alpha value is -2.07. The van der Waals surface area contributed by atoms with Gasteiger partial charge in [0.05, 0.1) is 23.2 Å². The van der Waals surface area contributed by atoms with Crippen LogP contribution in [0, 0.1) is 23.2 Å². The van der Waals surface area contributed by atoms with Gasteiger partial charge >= 0.3 is 12.0 Å². The van der Waals surface area contributed by atoms with Crippen LogP contribution in [0.5, 0.6) is 0 Å². The predicted molar refractivity (Wildman–Crippen MR) is 81.8 cm³/mol. The number of benzene rings is 1. The summed E-state index contributed by atoms with van der Waals surface area (Å²) < 4.78 is 0.579. The highest BCUT2D eigenvalue weighted by Crippen LogP contribution is 2.23. The van der Waals surface area contributed by atoms with Crippen LogP contribution < -0.4 is 10.6 Å². The number of nitrogens with one attached hydrogen (secondary N) is 2. The van der Waals surface area contributed by atoms with Gasteiger partial charge in [-0.05, 0) is 40.0 Å². The molecule has 0 aliphatic heterocycles. The molecule has 21 heavy (non-hydrogen) atoms. The molecule has 0 saturated heterocycles. The van der Waals surface area contributed by atoms with Crippen molar-refractivity contribution in [2.24, 2.45) is 11.8 Å². The zero-order chi connectivity index (χ0) is 16.0. The molecule has 0 aliphatic carbocycles. The molecule has 1 unspecified atom stereocenters. The highest BCUT2D eigenvalue weighted by Gasteiger charge is 2.22. The quantitative estimate of drug-likeness (QED) is 0.757. The van der Waals surface area contributed by atoms with Crippen LogP contribution in [-0.4, -0.2) is 23.7 Å². The molecule has 1 rings (SSSR count). The number of rotatable bonds is 5. The summed E-state index contributed by atoms with van der Waals surface area (Å²) in [5.74, 6) is -1.66. The van der Waals surface area contributed by atoms with Crippen LogP contribution in [0.1, 0.15) is 19.4 Å². The third kappa shape index (κ3) is 5.08. The van der Waals surface area contributed by atoms with E-state index in [0.717, 1.165) is 0 Å². The number of halogens is 1. The standard InChI is InChI=1S/C14H16BrN3O3/c1-8(2)10(13(19)20)7-17-14(21)18-12-4-3-9(6-16)5-11(12)15/h3-5,8,10H,7H2,1-2H3,(H,19,20)(H2,17,18,21). The fourth-order valence-corrected chi connectivity index (χ4v) is 2.14. The Kier molecular flexibility index (Phi) is 6.18. The van der Waals surface area contributed by atoms with Gasteiger partial charge in [0, 0.05) is 11.0 Å². The molecule has 0 aromatic heterocycles. The van der Waals surface area contributed by atoms with E-state index in [1.165, 1.54) is 0 Å². The first-order valence-corrected chi connectivity index (χ1v) is 7.11. The molecule has 1 aromatic rings. The predicted octanol–water partition coefficient (Wildman–Crippen LogP) is 2.80. The van der Waals surface area contributed by atoms with Crippen LogP contribution in [0.3, 0.4) is 0 Å². The largest absolute Gasteiger partial charge is 0.481 e. The zero-order valence-corrected chi connectivity index (χ0v) is 13.3. The van der Waals surface area contributed by atoms with Gasteiger partial charge in [0.2, 0.25) is 0 Å². The number of hydrogen-bond donors (Lipinski definition) is 3. The molecular formula is C14H16BrN3O3. The third-order valence-corrected chi connectivity index (χ3v) is 3.61. The van der Waals surface area contributed by atoms with Gasteiger partial charge in [0.1, 0.15) is 0 Å². The monoisotopic (exact) mass is 353 g/mol.